The lowest BCUT2D eigenvalue weighted by atomic mass is 10.2. The number of nitrogens with zero attached hydrogens (tertiary/aromatic N) is 1. The Kier molecular flexibility index (Phi) is 3.71. The summed E-state index contributed by atoms with van der Waals surface area (Å²) in [5.74, 6) is -1.88. The molecule has 1 rings (SSSR count). The number of aromatic carboxylic acids is 1. The van der Waals surface area contributed by atoms with Gasteiger partial charge in [0.1, 0.15) is 11.3 Å². The average Bonchev–Trinajstić information content (AvgIpc) is 2.15. The molecule has 0 unspecified atom stereocenters. The first-order valence-electron chi connectivity index (χ1n) is 4.50. The molecular formula is C9H12N2O5S. The molecule has 0 saturated carbocycles. The lowest BCUT2D eigenvalue weighted by Gasteiger charge is -2.13. The van der Waals surface area contributed by atoms with E-state index in [1.807, 2.05) is 0 Å². The first kappa shape index (κ1) is 13.4. The zero-order valence-corrected chi connectivity index (χ0v) is 10.0. The summed E-state index contributed by atoms with van der Waals surface area (Å²) in [4.78, 5) is 12.7. The van der Waals surface area contributed by atoms with Crippen molar-refractivity contribution in [2.24, 2.45) is 0 Å². The number of nitrogens with one attached hydrogen (secondary N) is 1. The highest BCUT2D eigenvalue weighted by Gasteiger charge is 2.19. The summed E-state index contributed by atoms with van der Waals surface area (Å²) in [5.41, 5.74) is -0.466. The van der Waals surface area contributed by atoms with Crippen molar-refractivity contribution in [1.29, 1.82) is 0 Å². The third-order valence-electron chi connectivity index (χ3n) is 1.81. The second-order valence-electron chi connectivity index (χ2n) is 3.47. The highest BCUT2D eigenvalue weighted by atomic mass is 32.2. The van der Waals surface area contributed by atoms with Crippen LogP contribution < -0.4 is 4.83 Å². The maximum Gasteiger partial charge on any atom is 0.339 e. The fraction of sp³-hybridized carbons (Fsp3) is 0.222. The molecule has 3 N–H and O–H groups in total. The van der Waals surface area contributed by atoms with Gasteiger partial charge in [0, 0.05) is 14.1 Å². The molecule has 0 aliphatic rings. The monoisotopic (exact) mass is 260 g/mol. The van der Waals surface area contributed by atoms with Crippen molar-refractivity contribution in [3.05, 3.63) is 23.8 Å². The average molecular weight is 260 g/mol. The fourth-order valence-corrected chi connectivity index (χ4v) is 2.25. The van der Waals surface area contributed by atoms with Gasteiger partial charge in [-0.2, -0.15) is 0 Å². The van der Waals surface area contributed by atoms with Crippen molar-refractivity contribution in [1.82, 2.24) is 9.84 Å². The molecule has 0 fully saturated rings. The Labute approximate surface area is 98.3 Å². The van der Waals surface area contributed by atoms with E-state index in [1.165, 1.54) is 19.1 Å². The van der Waals surface area contributed by atoms with E-state index < -0.39 is 27.3 Å². The number of phenols is 1. The van der Waals surface area contributed by atoms with Crippen molar-refractivity contribution in [3.63, 3.8) is 0 Å². The summed E-state index contributed by atoms with van der Waals surface area (Å²) in [7, 11) is -0.866. The summed E-state index contributed by atoms with van der Waals surface area (Å²) < 4.78 is 23.4. The third-order valence-corrected chi connectivity index (χ3v) is 3.29. The molecule has 0 spiro atoms. The Morgan fingerprint density at radius 2 is 1.94 bits per heavy atom. The molecule has 0 heterocycles. The number of hydrazine groups is 1. The van der Waals surface area contributed by atoms with Gasteiger partial charge in [0.25, 0.3) is 10.0 Å². The summed E-state index contributed by atoms with van der Waals surface area (Å²) >= 11 is 0. The minimum Gasteiger partial charge on any atom is -0.507 e. The standard InChI is InChI=1S/C9H12N2O5S/c1-11(2)10-17(15,16)6-3-4-8(12)7(5-6)9(13)14/h3-5,10,12H,1-2H3,(H,13,14). The van der Waals surface area contributed by atoms with Gasteiger partial charge < -0.3 is 10.2 Å². The van der Waals surface area contributed by atoms with Crippen molar-refractivity contribution in [2.45, 2.75) is 4.90 Å². The van der Waals surface area contributed by atoms with Crippen molar-refractivity contribution in [2.75, 3.05) is 14.1 Å². The molecule has 8 heteroatoms. The Bertz CT molecular complexity index is 538. The summed E-state index contributed by atoms with van der Waals surface area (Å²) in [6.07, 6.45) is 0. The van der Waals surface area contributed by atoms with Gasteiger partial charge in [-0.3, -0.25) is 0 Å². The van der Waals surface area contributed by atoms with Gasteiger partial charge in [0.15, 0.2) is 0 Å². The third kappa shape index (κ3) is 3.16. The summed E-state index contributed by atoms with van der Waals surface area (Å²) in [6, 6.07) is 3.03. The van der Waals surface area contributed by atoms with Gasteiger partial charge >= 0.3 is 5.97 Å². The Morgan fingerprint density at radius 1 is 1.35 bits per heavy atom. The molecule has 0 aromatic heterocycles. The highest BCUT2D eigenvalue weighted by molar-refractivity contribution is 7.89. The molecule has 0 amide bonds. The molecule has 0 aliphatic heterocycles. The summed E-state index contributed by atoms with van der Waals surface area (Å²) in [5, 5.41) is 19.2. The first-order chi connectivity index (χ1) is 7.74. The predicted octanol–water partition coefficient (Wildman–Crippen LogP) is -0.155. The SMILES string of the molecule is CN(C)NS(=O)(=O)c1ccc(O)c(C(=O)O)c1. The van der Waals surface area contributed by atoms with Crippen LogP contribution in [-0.2, 0) is 10.0 Å². The van der Waals surface area contributed by atoms with Crippen LogP contribution in [0.5, 0.6) is 5.75 Å². The number of hydrogen-bond acceptors (Lipinski definition) is 5. The number of carbonyl (C=O) groups is 1. The van der Waals surface area contributed by atoms with E-state index in [9.17, 15) is 18.3 Å². The Hall–Kier alpha value is -1.64. The molecule has 17 heavy (non-hydrogen) atoms. The van der Waals surface area contributed by atoms with Crippen LogP contribution >= 0.6 is 0 Å². The van der Waals surface area contributed by atoms with Gasteiger partial charge in [0.2, 0.25) is 0 Å². The van der Waals surface area contributed by atoms with Crippen LogP contribution in [-0.4, -0.2) is 43.7 Å². The van der Waals surface area contributed by atoms with Gasteiger partial charge in [-0.15, -0.1) is 4.83 Å². The van der Waals surface area contributed by atoms with Crippen LogP contribution in [0.4, 0.5) is 0 Å². The van der Waals surface area contributed by atoms with E-state index in [0.717, 1.165) is 18.2 Å². The van der Waals surface area contributed by atoms with E-state index in [4.69, 9.17) is 5.11 Å². The molecule has 94 valence electrons. The van der Waals surface area contributed by atoms with Gasteiger partial charge in [-0.05, 0) is 18.2 Å². The largest absolute Gasteiger partial charge is 0.507 e. The van der Waals surface area contributed by atoms with Crippen LogP contribution in [0.1, 0.15) is 10.4 Å². The van der Waals surface area contributed by atoms with Gasteiger partial charge in [-0.1, -0.05) is 0 Å². The number of aromatic hydroxyl groups is 1. The Balaban J connectivity index is 3.25. The van der Waals surface area contributed by atoms with Crippen molar-refractivity contribution < 1.29 is 23.4 Å². The molecule has 0 radical (unpaired) electrons. The molecule has 1 aromatic rings. The fourth-order valence-electron chi connectivity index (χ4n) is 1.15. The second-order valence-corrected chi connectivity index (χ2v) is 5.13. The number of sulfonamides is 1. The number of hydrogen-bond donors (Lipinski definition) is 3. The van der Waals surface area contributed by atoms with E-state index >= 15 is 0 Å². The van der Waals surface area contributed by atoms with Gasteiger partial charge in [-0.25, -0.2) is 18.2 Å². The molecule has 0 saturated heterocycles. The van der Waals surface area contributed by atoms with E-state index in [0.29, 0.717) is 0 Å². The zero-order chi connectivity index (χ0) is 13.2. The number of rotatable bonds is 4. The second kappa shape index (κ2) is 4.70. The van der Waals surface area contributed by atoms with Crippen LogP contribution in [0.25, 0.3) is 0 Å². The normalized spacial score (nSPS) is 11.7. The smallest absolute Gasteiger partial charge is 0.339 e. The lowest BCUT2D eigenvalue weighted by molar-refractivity contribution is 0.0693. The molecule has 0 atom stereocenters. The van der Waals surface area contributed by atoms with Crippen LogP contribution in [0, 0.1) is 0 Å². The Morgan fingerprint density at radius 3 is 2.41 bits per heavy atom. The molecule has 7 nitrogen and oxygen atoms in total. The first-order valence-corrected chi connectivity index (χ1v) is 5.98. The topological polar surface area (TPSA) is 107 Å². The number of carboxylic acid groups (broad SMARTS) is 1. The molecule has 0 aliphatic carbocycles. The van der Waals surface area contributed by atoms with Crippen LogP contribution in [0.2, 0.25) is 0 Å². The molecule has 0 bridgehead atoms. The van der Waals surface area contributed by atoms with Gasteiger partial charge in [0.05, 0.1) is 4.90 Å². The quantitative estimate of drug-likeness (QED) is 0.650. The zero-order valence-electron chi connectivity index (χ0n) is 9.21. The van der Waals surface area contributed by atoms with E-state index in [1.54, 1.807) is 0 Å². The highest BCUT2D eigenvalue weighted by Crippen LogP contribution is 2.21. The summed E-state index contributed by atoms with van der Waals surface area (Å²) in [6.45, 7) is 0. The lowest BCUT2D eigenvalue weighted by Crippen LogP contribution is -2.36. The van der Waals surface area contributed by atoms with Crippen LogP contribution in [0.3, 0.4) is 0 Å². The maximum atomic E-state index is 11.7. The molecular weight excluding hydrogens is 248 g/mol. The van der Waals surface area contributed by atoms with Crippen molar-refractivity contribution in [3.8, 4) is 5.75 Å². The number of carboxylic acids is 1. The molecule has 1 aromatic carbocycles. The van der Waals surface area contributed by atoms with E-state index in [2.05, 4.69) is 4.83 Å². The predicted molar refractivity (Wildman–Crippen MR) is 59.1 cm³/mol. The van der Waals surface area contributed by atoms with Crippen LogP contribution in [0.15, 0.2) is 23.1 Å². The maximum absolute atomic E-state index is 11.7. The van der Waals surface area contributed by atoms with E-state index in [-0.39, 0.29) is 4.90 Å². The van der Waals surface area contributed by atoms with Crippen molar-refractivity contribution >= 4 is 16.0 Å². The minimum absolute atomic E-state index is 0.235. The minimum atomic E-state index is -3.83. The number of benzene rings is 1.